The fraction of sp³-hybridized carbons (Fsp3) is 0.757. The van der Waals surface area contributed by atoms with Gasteiger partial charge in [-0.25, -0.2) is 9.13 Å². The Kier molecular flexibility index (Phi) is 20.9. The molecule has 2 nitrogen and oxygen atoms in total. The topological polar surface area (TPSA) is 8.81 Å². The van der Waals surface area contributed by atoms with Gasteiger partial charge in [0.2, 0.25) is 0 Å². The van der Waals surface area contributed by atoms with Crippen LogP contribution in [0.2, 0.25) is 0 Å². The van der Waals surface area contributed by atoms with Crippen molar-refractivity contribution in [1.82, 2.24) is 4.57 Å². The number of unbranched alkanes of at least 4 members (excludes halogenated alkanes) is 21. The molecule has 0 amide bonds. The van der Waals surface area contributed by atoms with Crippen molar-refractivity contribution in [2.24, 2.45) is 0 Å². The van der Waals surface area contributed by atoms with Crippen molar-refractivity contribution in [3.05, 3.63) is 54.1 Å². The highest BCUT2D eigenvalue weighted by Crippen LogP contribution is 2.15. The standard InChI is InChI=1S/C37H65N2/c1-3-5-7-9-11-13-14-15-16-17-19-21-23-28-32-39-34-33-38(37(39)35-36-29-25-24-26-30-36)31-27-22-20-18-12-10-8-6-4-2/h24-26,29-30,33-34H,3-23,27-28,31-32,35H2,1-2H3/q+1. The highest BCUT2D eigenvalue weighted by Gasteiger charge is 2.17. The van der Waals surface area contributed by atoms with E-state index in [1.165, 1.54) is 172 Å². The summed E-state index contributed by atoms with van der Waals surface area (Å²) in [4.78, 5) is 0. The predicted octanol–water partition coefficient (Wildman–Crippen LogP) is 11.4. The maximum absolute atomic E-state index is 2.56. The minimum absolute atomic E-state index is 1.05. The number of hydrogen-bond donors (Lipinski definition) is 0. The Morgan fingerprint density at radius 3 is 1.44 bits per heavy atom. The molecule has 0 bridgehead atoms. The van der Waals surface area contributed by atoms with E-state index < -0.39 is 0 Å². The molecule has 0 spiro atoms. The first-order valence-electron chi connectivity index (χ1n) is 17.5. The van der Waals surface area contributed by atoms with Gasteiger partial charge in [0.1, 0.15) is 12.4 Å². The molecule has 1 aromatic heterocycles. The fourth-order valence-electron chi connectivity index (χ4n) is 5.96. The second kappa shape index (κ2) is 24.2. The van der Waals surface area contributed by atoms with Gasteiger partial charge >= 0.3 is 0 Å². The molecule has 39 heavy (non-hydrogen) atoms. The molecule has 1 heterocycles. The lowest BCUT2D eigenvalue weighted by Gasteiger charge is -2.07. The Labute approximate surface area is 244 Å². The Hall–Kier alpha value is -1.57. The maximum atomic E-state index is 2.56. The van der Waals surface area contributed by atoms with Crippen molar-refractivity contribution in [2.45, 2.75) is 181 Å². The van der Waals surface area contributed by atoms with Crippen molar-refractivity contribution in [1.29, 1.82) is 0 Å². The summed E-state index contributed by atoms with van der Waals surface area (Å²) < 4.78 is 5.11. The first kappa shape index (κ1) is 33.6. The van der Waals surface area contributed by atoms with Crippen molar-refractivity contribution < 1.29 is 4.57 Å². The van der Waals surface area contributed by atoms with Gasteiger partial charge in [-0.05, 0) is 31.2 Å². The molecule has 0 saturated carbocycles. The lowest BCUT2D eigenvalue weighted by molar-refractivity contribution is -0.703. The molecule has 0 radical (unpaired) electrons. The predicted molar refractivity (Wildman–Crippen MR) is 171 cm³/mol. The number of aromatic nitrogens is 2. The largest absolute Gasteiger partial charge is 0.260 e. The van der Waals surface area contributed by atoms with Gasteiger partial charge in [-0.2, -0.15) is 0 Å². The lowest BCUT2D eigenvalue weighted by atomic mass is 10.0. The Balaban J connectivity index is 1.62. The van der Waals surface area contributed by atoms with Gasteiger partial charge < -0.3 is 0 Å². The summed E-state index contributed by atoms with van der Waals surface area (Å²) in [7, 11) is 0. The van der Waals surface area contributed by atoms with Crippen LogP contribution >= 0.6 is 0 Å². The van der Waals surface area contributed by atoms with E-state index in [1.807, 2.05) is 0 Å². The number of nitrogens with zero attached hydrogens (tertiary/aromatic N) is 2. The molecule has 0 aliphatic heterocycles. The summed E-state index contributed by atoms with van der Waals surface area (Å²) in [5.74, 6) is 1.50. The van der Waals surface area contributed by atoms with Gasteiger partial charge in [-0.3, -0.25) is 0 Å². The SMILES string of the molecule is CCCCCCCCCCCCCCCCn1cc[n+](CCCCCCCCCCC)c1Cc1ccccc1. The monoisotopic (exact) mass is 538 g/mol. The van der Waals surface area contributed by atoms with Gasteiger partial charge in [0.25, 0.3) is 5.82 Å². The summed E-state index contributed by atoms with van der Waals surface area (Å²) in [6, 6.07) is 11.1. The van der Waals surface area contributed by atoms with Crippen LogP contribution in [0, 0.1) is 0 Å². The molecular formula is C37H65N2+. The molecule has 0 aliphatic rings. The molecule has 0 N–H and O–H groups in total. The fourth-order valence-corrected chi connectivity index (χ4v) is 5.96. The second-order valence-corrected chi connectivity index (χ2v) is 12.2. The van der Waals surface area contributed by atoms with Crippen LogP contribution < -0.4 is 4.57 Å². The van der Waals surface area contributed by atoms with E-state index in [-0.39, 0.29) is 0 Å². The van der Waals surface area contributed by atoms with E-state index in [4.69, 9.17) is 0 Å². The molecule has 0 aliphatic carbocycles. The molecule has 0 unspecified atom stereocenters. The molecule has 222 valence electrons. The van der Waals surface area contributed by atoms with Gasteiger partial charge in [-0.15, -0.1) is 0 Å². The smallest absolute Gasteiger partial charge is 0.234 e. The van der Waals surface area contributed by atoms with E-state index in [0.29, 0.717) is 0 Å². The molecule has 2 heteroatoms. The highest BCUT2D eigenvalue weighted by molar-refractivity contribution is 5.18. The molecular weight excluding hydrogens is 472 g/mol. The minimum atomic E-state index is 1.05. The minimum Gasteiger partial charge on any atom is -0.234 e. The zero-order chi connectivity index (χ0) is 27.6. The van der Waals surface area contributed by atoms with Crippen molar-refractivity contribution in [2.75, 3.05) is 0 Å². The number of rotatable bonds is 27. The van der Waals surface area contributed by atoms with Gasteiger partial charge in [0.15, 0.2) is 0 Å². The van der Waals surface area contributed by atoms with Crippen molar-refractivity contribution >= 4 is 0 Å². The number of aryl methyl sites for hydroxylation is 2. The van der Waals surface area contributed by atoms with Crippen LogP contribution in [0.4, 0.5) is 0 Å². The summed E-state index contributed by atoms with van der Waals surface area (Å²) in [5, 5.41) is 0. The Morgan fingerprint density at radius 1 is 0.513 bits per heavy atom. The van der Waals surface area contributed by atoms with E-state index in [2.05, 4.69) is 65.7 Å². The van der Waals surface area contributed by atoms with Crippen LogP contribution in [0.15, 0.2) is 42.7 Å². The highest BCUT2D eigenvalue weighted by atomic mass is 15.1. The van der Waals surface area contributed by atoms with Crippen molar-refractivity contribution in [3.8, 4) is 0 Å². The van der Waals surface area contributed by atoms with Crippen LogP contribution in [-0.4, -0.2) is 4.57 Å². The Bertz CT molecular complexity index is 778. The maximum Gasteiger partial charge on any atom is 0.260 e. The van der Waals surface area contributed by atoms with Crippen LogP contribution in [0.25, 0.3) is 0 Å². The third kappa shape index (κ3) is 17.0. The molecule has 2 aromatic rings. The second-order valence-electron chi connectivity index (χ2n) is 12.2. The summed E-state index contributed by atoms with van der Waals surface area (Å²) in [6.07, 6.45) is 38.3. The number of benzene rings is 1. The van der Waals surface area contributed by atoms with Crippen molar-refractivity contribution in [3.63, 3.8) is 0 Å². The van der Waals surface area contributed by atoms with Gasteiger partial charge in [0, 0.05) is 0 Å². The molecule has 0 fully saturated rings. The first-order valence-corrected chi connectivity index (χ1v) is 17.5. The average molecular weight is 538 g/mol. The number of imidazole rings is 1. The normalized spacial score (nSPS) is 11.4. The van der Waals surface area contributed by atoms with E-state index in [9.17, 15) is 0 Å². The quantitative estimate of drug-likeness (QED) is 0.0791. The van der Waals surface area contributed by atoms with Gasteiger partial charge in [-0.1, -0.05) is 166 Å². The zero-order valence-electron chi connectivity index (χ0n) is 26.3. The van der Waals surface area contributed by atoms with E-state index >= 15 is 0 Å². The first-order chi connectivity index (χ1) is 19.3. The van der Waals surface area contributed by atoms with Crippen LogP contribution in [0.5, 0.6) is 0 Å². The molecule has 0 saturated heterocycles. The number of hydrogen-bond acceptors (Lipinski definition) is 0. The van der Waals surface area contributed by atoms with Gasteiger partial charge in [0.05, 0.1) is 19.5 Å². The third-order valence-corrected chi connectivity index (χ3v) is 8.55. The summed E-state index contributed by atoms with van der Waals surface area (Å²) in [6.45, 7) is 6.95. The van der Waals surface area contributed by atoms with Crippen LogP contribution in [0.1, 0.15) is 173 Å². The lowest BCUT2D eigenvalue weighted by Crippen LogP contribution is -2.37. The zero-order valence-corrected chi connectivity index (χ0v) is 26.3. The van der Waals surface area contributed by atoms with E-state index in [1.54, 1.807) is 0 Å². The molecule has 0 atom stereocenters. The van der Waals surface area contributed by atoms with Crippen LogP contribution in [-0.2, 0) is 19.5 Å². The average Bonchev–Trinajstić information content (AvgIpc) is 3.33. The van der Waals surface area contributed by atoms with Crippen LogP contribution in [0.3, 0.4) is 0 Å². The van der Waals surface area contributed by atoms with E-state index in [0.717, 1.165) is 6.42 Å². The molecule has 2 rings (SSSR count). The Morgan fingerprint density at radius 2 is 0.949 bits per heavy atom. The summed E-state index contributed by atoms with van der Waals surface area (Å²) in [5.41, 5.74) is 1.43. The third-order valence-electron chi connectivity index (χ3n) is 8.55. The molecule has 1 aromatic carbocycles. The summed E-state index contributed by atoms with van der Waals surface area (Å²) >= 11 is 0.